The van der Waals surface area contributed by atoms with E-state index in [0.29, 0.717) is 0 Å². The van der Waals surface area contributed by atoms with E-state index in [0.717, 1.165) is 11.8 Å². The Labute approximate surface area is 102 Å². The van der Waals surface area contributed by atoms with Crippen molar-refractivity contribution in [3.63, 3.8) is 0 Å². The number of nitrogens with two attached hydrogens (primary N) is 1. The van der Waals surface area contributed by atoms with E-state index in [1.807, 2.05) is 18.2 Å². The summed E-state index contributed by atoms with van der Waals surface area (Å²) in [7, 11) is 0. The molecule has 0 aliphatic carbocycles. The number of aliphatic imine (C=N–C) groups is 1. The normalized spacial score (nSPS) is 12.1. The highest BCUT2D eigenvalue weighted by Gasteiger charge is 2.11. The molecule has 92 valence electrons. The molecule has 0 radical (unpaired) electrons. The Hall–Kier alpha value is -2.83. The van der Waals surface area contributed by atoms with Gasteiger partial charge in [-0.15, -0.1) is 0 Å². The van der Waals surface area contributed by atoms with Gasteiger partial charge in [-0.2, -0.15) is 0 Å². The largest absolute Gasteiger partial charge is 0.479 e. The first-order valence-electron chi connectivity index (χ1n) is 4.97. The number of hydrogen-bond donors (Lipinski definition) is 3. The molecular formula is C11H10N4O3. The van der Waals surface area contributed by atoms with Gasteiger partial charge in [-0.1, -0.05) is 18.2 Å². The first kappa shape index (κ1) is 11.6. The molecular weight excluding hydrogens is 236 g/mol. The molecule has 4 N–H and O–H groups in total. The zero-order valence-corrected chi connectivity index (χ0v) is 9.19. The van der Waals surface area contributed by atoms with E-state index >= 15 is 0 Å². The molecule has 0 spiro atoms. The van der Waals surface area contributed by atoms with Gasteiger partial charge in [0.2, 0.25) is 5.89 Å². The topological polar surface area (TPSA) is 117 Å². The third-order valence-electron chi connectivity index (χ3n) is 2.08. The average molecular weight is 246 g/mol. The molecule has 7 heteroatoms. The molecule has 0 bridgehead atoms. The fraction of sp³-hybridized carbons (Fsp3) is 0. The molecule has 0 saturated heterocycles. The van der Waals surface area contributed by atoms with Crippen LogP contribution in [0.3, 0.4) is 0 Å². The molecule has 0 aliphatic rings. The highest BCUT2D eigenvalue weighted by atomic mass is 16.5. The molecule has 0 aliphatic heterocycles. The molecule has 1 aromatic carbocycles. The van der Waals surface area contributed by atoms with Crippen molar-refractivity contribution in [1.29, 1.82) is 0 Å². The number of oxazole rings is 1. The molecule has 0 atom stereocenters. The van der Waals surface area contributed by atoms with Crippen LogP contribution in [0.4, 0.5) is 0 Å². The van der Waals surface area contributed by atoms with Crippen molar-refractivity contribution >= 4 is 12.2 Å². The summed E-state index contributed by atoms with van der Waals surface area (Å²) in [5, 5.41) is 20.5. The molecule has 2 aromatic rings. The van der Waals surface area contributed by atoms with Crippen molar-refractivity contribution in [3.05, 3.63) is 36.0 Å². The molecule has 0 saturated carbocycles. The van der Waals surface area contributed by atoms with Gasteiger partial charge in [-0.25, -0.2) is 9.98 Å². The van der Waals surface area contributed by atoms with Crippen molar-refractivity contribution < 1.29 is 14.7 Å². The van der Waals surface area contributed by atoms with Gasteiger partial charge in [0.15, 0.2) is 5.69 Å². The van der Waals surface area contributed by atoms with Crippen LogP contribution in [0.15, 0.2) is 44.9 Å². The van der Waals surface area contributed by atoms with Crippen LogP contribution < -0.4 is 5.73 Å². The lowest BCUT2D eigenvalue weighted by Gasteiger charge is -1.91. The van der Waals surface area contributed by atoms with E-state index in [9.17, 15) is 5.11 Å². The van der Waals surface area contributed by atoms with Crippen LogP contribution in [-0.4, -0.2) is 27.5 Å². The Morgan fingerprint density at radius 3 is 2.72 bits per heavy atom. The van der Waals surface area contributed by atoms with Crippen LogP contribution in [0, 0.1) is 0 Å². The van der Waals surface area contributed by atoms with Crippen molar-refractivity contribution in [2.45, 2.75) is 0 Å². The van der Waals surface area contributed by atoms with Crippen molar-refractivity contribution in [2.75, 3.05) is 0 Å². The van der Waals surface area contributed by atoms with Crippen LogP contribution in [0.25, 0.3) is 11.5 Å². The van der Waals surface area contributed by atoms with Crippen molar-refractivity contribution in [1.82, 2.24) is 4.98 Å². The van der Waals surface area contributed by atoms with Gasteiger partial charge < -0.3 is 20.5 Å². The Morgan fingerprint density at radius 1 is 1.33 bits per heavy atom. The SMILES string of the molecule is NC(/N=C/c1nc(-c2ccccc2)oc1O)=N\O. The molecule has 1 heterocycles. The highest BCUT2D eigenvalue weighted by Crippen LogP contribution is 2.24. The fourth-order valence-corrected chi connectivity index (χ4v) is 1.27. The maximum Gasteiger partial charge on any atom is 0.312 e. The minimum atomic E-state index is -0.386. The first-order chi connectivity index (χ1) is 8.70. The second-order valence-electron chi connectivity index (χ2n) is 3.29. The zero-order valence-electron chi connectivity index (χ0n) is 9.19. The number of rotatable bonds is 2. The number of nitrogens with zero attached hydrogens (tertiary/aromatic N) is 3. The molecule has 18 heavy (non-hydrogen) atoms. The Morgan fingerprint density at radius 2 is 2.06 bits per heavy atom. The molecule has 2 rings (SSSR count). The predicted octanol–water partition coefficient (Wildman–Crippen LogP) is 1.17. The number of oxime groups is 1. The second-order valence-corrected chi connectivity index (χ2v) is 3.29. The third kappa shape index (κ3) is 2.46. The van der Waals surface area contributed by atoms with Crippen LogP contribution in [0.1, 0.15) is 5.69 Å². The Balaban J connectivity index is 2.31. The highest BCUT2D eigenvalue weighted by molar-refractivity contribution is 5.92. The van der Waals surface area contributed by atoms with Crippen LogP contribution in [-0.2, 0) is 0 Å². The summed E-state index contributed by atoms with van der Waals surface area (Å²) < 4.78 is 5.08. The van der Waals surface area contributed by atoms with Gasteiger partial charge >= 0.3 is 5.95 Å². The standard InChI is InChI=1S/C11H10N4O3/c12-11(15-17)13-6-8-10(16)18-9(14-8)7-4-2-1-3-5-7/h1-6,16-17H,(H2,12,15)/b13-6+. The van der Waals surface area contributed by atoms with Crippen LogP contribution in [0.2, 0.25) is 0 Å². The molecule has 0 fully saturated rings. The molecule has 0 amide bonds. The lowest BCUT2D eigenvalue weighted by molar-refractivity contribution is 0.317. The van der Waals surface area contributed by atoms with Crippen molar-refractivity contribution in [2.24, 2.45) is 15.9 Å². The number of aromatic nitrogens is 1. The summed E-state index contributed by atoms with van der Waals surface area (Å²) in [4.78, 5) is 7.58. The predicted molar refractivity (Wildman–Crippen MR) is 64.6 cm³/mol. The third-order valence-corrected chi connectivity index (χ3v) is 2.08. The maximum absolute atomic E-state index is 9.51. The van der Waals surface area contributed by atoms with Gasteiger partial charge in [0.05, 0.1) is 6.21 Å². The van der Waals surface area contributed by atoms with E-state index in [-0.39, 0.29) is 23.5 Å². The van der Waals surface area contributed by atoms with Gasteiger partial charge in [0, 0.05) is 5.56 Å². The van der Waals surface area contributed by atoms with Crippen LogP contribution >= 0.6 is 0 Å². The Kier molecular flexibility index (Phi) is 3.24. The molecule has 1 aromatic heterocycles. The number of guanidine groups is 1. The first-order valence-corrected chi connectivity index (χ1v) is 4.97. The molecule has 7 nitrogen and oxygen atoms in total. The quantitative estimate of drug-likeness (QED) is 0.318. The summed E-state index contributed by atoms with van der Waals surface area (Å²) in [5.41, 5.74) is 5.97. The van der Waals surface area contributed by atoms with E-state index < -0.39 is 0 Å². The number of hydrogen-bond acceptors (Lipinski definition) is 5. The summed E-state index contributed by atoms with van der Waals surface area (Å²) in [5.74, 6) is -0.476. The van der Waals surface area contributed by atoms with Crippen LogP contribution in [0.5, 0.6) is 5.95 Å². The maximum atomic E-state index is 9.51. The number of benzene rings is 1. The lowest BCUT2D eigenvalue weighted by atomic mass is 10.2. The number of aromatic hydroxyl groups is 1. The monoisotopic (exact) mass is 246 g/mol. The minimum absolute atomic E-state index is 0.0976. The lowest BCUT2D eigenvalue weighted by Crippen LogP contribution is -2.07. The van der Waals surface area contributed by atoms with Gasteiger partial charge in [-0.3, -0.25) is 0 Å². The van der Waals surface area contributed by atoms with E-state index in [1.54, 1.807) is 12.1 Å². The van der Waals surface area contributed by atoms with E-state index in [2.05, 4.69) is 15.1 Å². The Bertz CT molecular complexity index is 590. The second kappa shape index (κ2) is 5.00. The molecule has 0 unspecified atom stereocenters. The summed E-state index contributed by atoms with van der Waals surface area (Å²) in [6, 6.07) is 9.07. The summed E-state index contributed by atoms with van der Waals surface area (Å²) in [6.07, 6.45) is 1.14. The van der Waals surface area contributed by atoms with Gasteiger partial charge in [-0.05, 0) is 17.3 Å². The zero-order chi connectivity index (χ0) is 13.0. The van der Waals surface area contributed by atoms with Gasteiger partial charge in [0.1, 0.15) is 0 Å². The minimum Gasteiger partial charge on any atom is -0.479 e. The van der Waals surface area contributed by atoms with E-state index in [1.165, 1.54) is 0 Å². The average Bonchev–Trinajstić information content (AvgIpc) is 2.78. The van der Waals surface area contributed by atoms with Crippen molar-refractivity contribution in [3.8, 4) is 17.4 Å². The fourth-order valence-electron chi connectivity index (χ4n) is 1.27. The van der Waals surface area contributed by atoms with Gasteiger partial charge in [0.25, 0.3) is 5.96 Å². The van der Waals surface area contributed by atoms with E-state index in [4.69, 9.17) is 15.4 Å². The smallest absolute Gasteiger partial charge is 0.312 e. The summed E-state index contributed by atoms with van der Waals surface area (Å²) >= 11 is 0. The summed E-state index contributed by atoms with van der Waals surface area (Å²) in [6.45, 7) is 0.